The van der Waals surface area contributed by atoms with E-state index in [1.54, 1.807) is 18.2 Å². The summed E-state index contributed by atoms with van der Waals surface area (Å²) in [5, 5.41) is 0.602. The van der Waals surface area contributed by atoms with Crippen LogP contribution in [-0.2, 0) is 9.47 Å². The van der Waals surface area contributed by atoms with Crippen LogP contribution in [0.15, 0.2) is 18.2 Å². The Morgan fingerprint density at radius 2 is 2.12 bits per heavy atom. The largest absolute Gasteiger partial charge is 0.459 e. The van der Waals surface area contributed by atoms with Crippen molar-refractivity contribution < 1.29 is 14.3 Å². The molecule has 1 aromatic rings. The molecule has 0 spiro atoms. The standard InChI is InChI=1S/C12H12Cl2O3/c13-9-4-1-5-10(14)11(9)12(15)17-7-8-3-2-6-16-8/h1,4-5,8H,2-3,6-7H2. The molecule has 0 saturated carbocycles. The van der Waals surface area contributed by atoms with Gasteiger partial charge in [-0.2, -0.15) is 0 Å². The van der Waals surface area contributed by atoms with E-state index in [-0.39, 0.29) is 18.3 Å². The first-order valence-electron chi connectivity index (χ1n) is 5.41. The highest BCUT2D eigenvalue weighted by atomic mass is 35.5. The Labute approximate surface area is 110 Å². The zero-order chi connectivity index (χ0) is 12.3. The maximum atomic E-state index is 11.8. The average molecular weight is 275 g/mol. The molecule has 1 unspecified atom stereocenters. The molecule has 17 heavy (non-hydrogen) atoms. The van der Waals surface area contributed by atoms with E-state index < -0.39 is 5.97 Å². The van der Waals surface area contributed by atoms with Crippen molar-refractivity contribution in [1.82, 2.24) is 0 Å². The Kier molecular flexibility index (Phi) is 4.26. The predicted octanol–water partition coefficient (Wildman–Crippen LogP) is 3.33. The van der Waals surface area contributed by atoms with E-state index in [2.05, 4.69) is 0 Å². The lowest BCUT2D eigenvalue weighted by Crippen LogP contribution is -2.18. The molecule has 0 radical (unpaired) electrons. The van der Waals surface area contributed by atoms with Gasteiger partial charge in [0.1, 0.15) is 6.61 Å². The van der Waals surface area contributed by atoms with Crippen molar-refractivity contribution in [2.24, 2.45) is 0 Å². The molecule has 0 aliphatic carbocycles. The fourth-order valence-electron chi connectivity index (χ4n) is 1.71. The summed E-state index contributed by atoms with van der Waals surface area (Å²) in [4.78, 5) is 11.8. The maximum absolute atomic E-state index is 11.8. The Bertz CT molecular complexity index is 394. The third-order valence-electron chi connectivity index (χ3n) is 2.59. The Hall–Kier alpha value is -0.770. The minimum absolute atomic E-state index is 0.000197. The van der Waals surface area contributed by atoms with Crippen molar-refractivity contribution in [2.75, 3.05) is 13.2 Å². The number of esters is 1. The summed E-state index contributed by atoms with van der Waals surface area (Å²) in [5.41, 5.74) is 0.217. The second kappa shape index (κ2) is 5.71. The van der Waals surface area contributed by atoms with Gasteiger partial charge in [0.2, 0.25) is 0 Å². The SMILES string of the molecule is O=C(OCC1CCCO1)c1c(Cl)cccc1Cl. The topological polar surface area (TPSA) is 35.5 Å². The van der Waals surface area contributed by atoms with E-state index in [4.69, 9.17) is 32.7 Å². The highest BCUT2D eigenvalue weighted by molar-refractivity contribution is 6.39. The van der Waals surface area contributed by atoms with Crippen LogP contribution in [0.25, 0.3) is 0 Å². The summed E-state index contributed by atoms with van der Waals surface area (Å²) in [6.07, 6.45) is 1.93. The number of hydrogen-bond donors (Lipinski definition) is 0. The van der Waals surface area contributed by atoms with Crippen molar-refractivity contribution in [1.29, 1.82) is 0 Å². The van der Waals surface area contributed by atoms with Gasteiger partial charge >= 0.3 is 5.97 Å². The quantitative estimate of drug-likeness (QED) is 0.794. The Morgan fingerprint density at radius 3 is 2.71 bits per heavy atom. The highest BCUT2D eigenvalue weighted by Crippen LogP contribution is 2.25. The van der Waals surface area contributed by atoms with Gasteiger partial charge in [0, 0.05) is 6.61 Å². The number of halogens is 2. The Balaban J connectivity index is 1.99. The number of carbonyl (C=O) groups excluding carboxylic acids is 1. The normalized spacial score (nSPS) is 19.3. The molecule has 1 aromatic carbocycles. The molecule has 5 heteroatoms. The van der Waals surface area contributed by atoms with Gasteiger partial charge in [0.25, 0.3) is 0 Å². The summed E-state index contributed by atoms with van der Waals surface area (Å²) in [6.45, 7) is 0.982. The first kappa shape index (κ1) is 12.7. The van der Waals surface area contributed by atoms with Crippen LogP contribution >= 0.6 is 23.2 Å². The Morgan fingerprint density at radius 1 is 1.41 bits per heavy atom. The van der Waals surface area contributed by atoms with Gasteiger partial charge in [-0.25, -0.2) is 4.79 Å². The molecule has 0 amide bonds. The number of hydrogen-bond acceptors (Lipinski definition) is 3. The van der Waals surface area contributed by atoms with Gasteiger partial charge in [0.05, 0.1) is 21.7 Å². The molecule has 3 nitrogen and oxygen atoms in total. The van der Waals surface area contributed by atoms with E-state index in [1.165, 1.54) is 0 Å². The first-order chi connectivity index (χ1) is 8.18. The second-order valence-corrected chi connectivity index (χ2v) is 4.64. The van der Waals surface area contributed by atoms with Crippen LogP contribution in [0.1, 0.15) is 23.2 Å². The van der Waals surface area contributed by atoms with Gasteiger partial charge in [-0.15, -0.1) is 0 Å². The van der Waals surface area contributed by atoms with Crippen molar-refractivity contribution in [3.8, 4) is 0 Å². The van der Waals surface area contributed by atoms with Crippen molar-refractivity contribution in [3.63, 3.8) is 0 Å². The van der Waals surface area contributed by atoms with Gasteiger partial charge in [-0.1, -0.05) is 29.3 Å². The lowest BCUT2D eigenvalue weighted by Gasteiger charge is -2.11. The molecule has 92 valence electrons. The molecule has 1 saturated heterocycles. The summed E-state index contributed by atoms with van der Waals surface area (Å²) in [6, 6.07) is 4.90. The van der Waals surface area contributed by atoms with Gasteiger partial charge in [-0.05, 0) is 25.0 Å². The van der Waals surface area contributed by atoms with Crippen molar-refractivity contribution >= 4 is 29.2 Å². The zero-order valence-corrected chi connectivity index (χ0v) is 10.6. The van der Waals surface area contributed by atoms with Gasteiger partial charge in [0.15, 0.2) is 0 Å². The fraction of sp³-hybridized carbons (Fsp3) is 0.417. The van der Waals surface area contributed by atoms with E-state index in [1.807, 2.05) is 0 Å². The molecule has 0 aromatic heterocycles. The van der Waals surface area contributed by atoms with Crippen molar-refractivity contribution in [2.45, 2.75) is 18.9 Å². The lowest BCUT2D eigenvalue weighted by atomic mass is 10.2. The van der Waals surface area contributed by atoms with E-state index in [0.29, 0.717) is 10.0 Å². The number of ether oxygens (including phenoxy) is 2. The molecule has 0 N–H and O–H groups in total. The average Bonchev–Trinajstić information content (AvgIpc) is 2.79. The number of rotatable bonds is 3. The molecule has 1 fully saturated rings. The predicted molar refractivity (Wildman–Crippen MR) is 65.7 cm³/mol. The maximum Gasteiger partial charge on any atom is 0.341 e. The number of carbonyl (C=O) groups is 1. The summed E-state index contributed by atoms with van der Waals surface area (Å²) < 4.78 is 10.5. The number of benzene rings is 1. The van der Waals surface area contributed by atoms with Crippen LogP contribution in [-0.4, -0.2) is 25.3 Å². The van der Waals surface area contributed by atoms with Crippen LogP contribution in [0.2, 0.25) is 10.0 Å². The third kappa shape index (κ3) is 3.12. The summed E-state index contributed by atoms with van der Waals surface area (Å²) in [7, 11) is 0. The third-order valence-corrected chi connectivity index (χ3v) is 3.22. The highest BCUT2D eigenvalue weighted by Gasteiger charge is 2.20. The molecule has 2 rings (SSSR count). The van der Waals surface area contributed by atoms with Gasteiger partial charge < -0.3 is 9.47 Å². The fourth-order valence-corrected chi connectivity index (χ4v) is 2.26. The zero-order valence-electron chi connectivity index (χ0n) is 9.12. The molecular formula is C12H12Cl2O3. The summed E-state index contributed by atoms with van der Waals surface area (Å²) in [5.74, 6) is -0.504. The van der Waals surface area contributed by atoms with Crippen LogP contribution in [0, 0.1) is 0 Å². The smallest absolute Gasteiger partial charge is 0.341 e. The van der Waals surface area contributed by atoms with E-state index >= 15 is 0 Å². The monoisotopic (exact) mass is 274 g/mol. The van der Waals surface area contributed by atoms with E-state index in [0.717, 1.165) is 19.4 Å². The minimum Gasteiger partial charge on any atom is -0.459 e. The minimum atomic E-state index is -0.504. The van der Waals surface area contributed by atoms with E-state index in [9.17, 15) is 4.79 Å². The van der Waals surface area contributed by atoms with Crippen LogP contribution in [0.5, 0.6) is 0 Å². The second-order valence-electron chi connectivity index (χ2n) is 3.83. The van der Waals surface area contributed by atoms with Crippen molar-refractivity contribution in [3.05, 3.63) is 33.8 Å². The molecule has 1 atom stereocenters. The molecule has 1 aliphatic heterocycles. The first-order valence-corrected chi connectivity index (χ1v) is 6.17. The van der Waals surface area contributed by atoms with Crippen LogP contribution in [0.3, 0.4) is 0 Å². The molecule has 0 bridgehead atoms. The van der Waals surface area contributed by atoms with Crippen LogP contribution < -0.4 is 0 Å². The molecule has 1 heterocycles. The molecular weight excluding hydrogens is 263 g/mol. The van der Waals surface area contributed by atoms with Crippen LogP contribution in [0.4, 0.5) is 0 Å². The van der Waals surface area contributed by atoms with Gasteiger partial charge in [-0.3, -0.25) is 0 Å². The molecule has 1 aliphatic rings. The summed E-state index contributed by atoms with van der Waals surface area (Å²) >= 11 is 11.8. The lowest BCUT2D eigenvalue weighted by molar-refractivity contribution is 0.0161.